The Hall–Kier alpha value is -0.840. The molecule has 0 spiro atoms. The molecular weight excluding hydrogens is 237 g/mol. The van der Waals surface area contributed by atoms with E-state index in [0.717, 1.165) is 5.56 Å². The van der Waals surface area contributed by atoms with Crippen LogP contribution in [0.5, 0.6) is 0 Å². The summed E-state index contributed by atoms with van der Waals surface area (Å²) in [6, 6.07) is 3.58. The zero-order chi connectivity index (χ0) is 9.84. The highest BCUT2D eigenvalue weighted by Crippen LogP contribution is 2.05. The molecule has 0 atom stereocenters. The minimum atomic E-state index is -0.110. The van der Waals surface area contributed by atoms with Crippen LogP contribution < -0.4 is 5.73 Å². The lowest BCUT2D eigenvalue weighted by molar-refractivity contribution is 0.0821. The lowest BCUT2D eigenvalue weighted by Gasteiger charge is -2.11. The molecule has 0 aliphatic carbocycles. The minimum Gasteiger partial charge on any atom is -0.343 e. The molecular formula is C9H15Cl2N3O. The van der Waals surface area contributed by atoms with Crippen LogP contribution in [0, 0.1) is 0 Å². The smallest absolute Gasteiger partial charge is 0.272 e. The molecule has 0 saturated heterocycles. The summed E-state index contributed by atoms with van der Waals surface area (Å²) in [4.78, 5) is 17.0. The average Bonchev–Trinajstić information content (AvgIpc) is 2.16. The first-order valence-electron chi connectivity index (χ1n) is 4.02. The van der Waals surface area contributed by atoms with Crippen molar-refractivity contribution in [3.8, 4) is 0 Å². The van der Waals surface area contributed by atoms with Crippen LogP contribution in [-0.4, -0.2) is 29.9 Å². The van der Waals surface area contributed by atoms with Gasteiger partial charge in [-0.3, -0.25) is 9.78 Å². The van der Waals surface area contributed by atoms with Gasteiger partial charge < -0.3 is 10.6 Å². The Morgan fingerprint density at radius 3 is 2.53 bits per heavy atom. The van der Waals surface area contributed by atoms with E-state index in [-0.39, 0.29) is 30.7 Å². The quantitative estimate of drug-likeness (QED) is 0.856. The molecule has 1 aromatic rings. The highest BCUT2D eigenvalue weighted by molar-refractivity contribution is 5.93. The van der Waals surface area contributed by atoms with E-state index in [4.69, 9.17) is 5.73 Å². The normalized spacial score (nSPS) is 8.47. The Bertz CT molecular complexity index is 318. The minimum absolute atomic E-state index is 0. The molecule has 4 nitrogen and oxygen atoms in total. The maximum Gasteiger partial charge on any atom is 0.272 e. The summed E-state index contributed by atoms with van der Waals surface area (Å²) in [5.41, 5.74) is 6.70. The fourth-order valence-corrected chi connectivity index (χ4v) is 1.01. The van der Waals surface area contributed by atoms with Gasteiger partial charge in [-0.25, -0.2) is 0 Å². The van der Waals surface area contributed by atoms with Crippen LogP contribution in [0.4, 0.5) is 0 Å². The van der Waals surface area contributed by atoms with Crippen LogP contribution in [0.3, 0.4) is 0 Å². The third-order valence-electron chi connectivity index (χ3n) is 1.72. The molecule has 1 amide bonds. The van der Waals surface area contributed by atoms with Crippen molar-refractivity contribution in [3.63, 3.8) is 0 Å². The van der Waals surface area contributed by atoms with Crippen LogP contribution >= 0.6 is 24.8 Å². The second-order valence-corrected chi connectivity index (χ2v) is 2.91. The van der Waals surface area contributed by atoms with Crippen molar-refractivity contribution < 1.29 is 4.79 Å². The van der Waals surface area contributed by atoms with Crippen LogP contribution in [-0.2, 0) is 6.54 Å². The van der Waals surface area contributed by atoms with E-state index in [9.17, 15) is 4.79 Å². The van der Waals surface area contributed by atoms with E-state index in [1.165, 1.54) is 4.90 Å². The van der Waals surface area contributed by atoms with E-state index < -0.39 is 0 Å². The number of rotatable bonds is 2. The second kappa shape index (κ2) is 7.45. The van der Waals surface area contributed by atoms with Gasteiger partial charge in [-0.2, -0.15) is 0 Å². The monoisotopic (exact) mass is 251 g/mol. The molecule has 6 heteroatoms. The molecule has 1 aromatic heterocycles. The molecule has 0 aromatic carbocycles. The molecule has 0 aliphatic rings. The van der Waals surface area contributed by atoms with Gasteiger partial charge in [0.05, 0.1) is 0 Å². The lowest BCUT2D eigenvalue weighted by atomic mass is 10.2. The molecule has 15 heavy (non-hydrogen) atoms. The van der Waals surface area contributed by atoms with Gasteiger partial charge >= 0.3 is 0 Å². The molecule has 0 saturated carbocycles. The predicted molar refractivity (Wildman–Crippen MR) is 64.6 cm³/mol. The van der Waals surface area contributed by atoms with Crippen LogP contribution in [0.25, 0.3) is 0 Å². The zero-order valence-electron chi connectivity index (χ0n) is 8.64. The van der Waals surface area contributed by atoms with E-state index in [2.05, 4.69) is 4.98 Å². The summed E-state index contributed by atoms with van der Waals surface area (Å²) in [5, 5.41) is 0. The van der Waals surface area contributed by atoms with Crippen molar-refractivity contribution in [2.24, 2.45) is 5.73 Å². The Balaban J connectivity index is 0. The number of amides is 1. The summed E-state index contributed by atoms with van der Waals surface area (Å²) in [6.07, 6.45) is 1.59. The number of pyridine rings is 1. The highest BCUT2D eigenvalue weighted by Gasteiger charge is 2.12. The third-order valence-corrected chi connectivity index (χ3v) is 1.72. The topological polar surface area (TPSA) is 59.2 Å². The largest absolute Gasteiger partial charge is 0.343 e. The number of nitrogens with zero attached hydrogens (tertiary/aromatic N) is 2. The van der Waals surface area contributed by atoms with Crippen LogP contribution in [0.15, 0.2) is 18.3 Å². The van der Waals surface area contributed by atoms with Gasteiger partial charge in [0.15, 0.2) is 0 Å². The second-order valence-electron chi connectivity index (χ2n) is 2.91. The number of hydrogen-bond acceptors (Lipinski definition) is 3. The van der Waals surface area contributed by atoms with Crippen molar-refractivity contribution in [3.05, 3.63) is 29.6 Å². The van der Waals surface area contributed by atoms with Gasteiger partial charge in [0.25, 0.3) is 5.91 Å². The van der Waals surface area contributed by atoms with Gasteiger partial charge in [0.1, 0.15) is 5.69 Å². The highest BCUT2D eigenvalue weighted by atomic mass is 35.5. The summed E-state index contributed by atoms with van der Waals surface area (Å²) >= 11 is 0. The van der Waals surface area contributed by atoms with Gasteiger partial charge in [-0.1, -0.05) is 6.07 Å². The molecule has 0 aliphatic heterocycles. The fourth-order valence-electron chi connectivity index (χ4n) is 1.01. The first kappa shape index (κ1) is 16.6. The molecule has 1 heterocycles. The van der Waals surface area contributed by atoms with E-state index >= 15 is 0 Å². The molecule has 0 radical (unpaired) electrons. The summed E-state index contributed by atoms with van der Waals surface area (Å²) in [6.45, 7) is 0.336. The Kier molecular flexibility index (Phi) is 8.24. The van der Waals surface area contributed by atoms with Crippen molar-refractivity contribution in [1.29, 1.82) is 0 Å². The maximum absolute atomic E-state index is 11.5. The van der Waals surface area contributed by atoms with Crippen LogP contribution in [0.1, 0.15) is 16.1 Å². The molecule has 1 rings (SSSR count). The number of carbonyl (C=O) groups is 1. The van der Waals surface area contributed by atoms with Gasteiger partial charge in [0, 0.05) is 26.8 Å². The Labute approximate surface area is 102 Å². The molecule has 0 fully saturated rings. The first-order valence-corrected chi connectivity index (χ1v) is 4.02. The molecule has 2 N–H and O–H groups in total. The number of carbonyl (C=O) groups excluding carboxylic acids is 1. The van der Waals surface area contributed by atoms with E-state index in [0.29, 0.717) is 12.2 Å². The van der Waals surface area contributed by atoms with E-state index in [1.54, 1.807) is 26.4 Å². The third kappa shape index (κ3) is 4.03. The van der Waals surface area contributed by atoms with Gasteiger partial charge in [-0.15, -0.1) is 24.8 Å². The van der Waals surface area contributed by atoms with Crippen LogP contribution in [0.2, 0.25) is 0 Å². The number of aromatic nitrogens is 1. The number of hydrogen-bond donors (Lipinski definition) is 1. The SMILES string of the molecule is CN(C)C(=O)c1ncccc1CN.Cl.Cl. The Morgan fingerprint density at radius 2 is 2.07 bits per heavy atom. The summed E-state index contributed by atoms with van der Waals surface area (Å²) < 4.78 is 0. The molecule has 0 bridgehead atoms. The first-order chi connectivity index (χ1) is 6.16. The molecule has 0 unspecified atom stereocenters. The Morgan fingerprint density at radius 1 is 1.47 bits per heavy atom. The zero-order valence-corrected chi connectivity index (χ0v) is 10.3. The van der Waals surface area contributed by atoms with Gasteiger partial charge in [0.2, 0.25) is 0 Å². The summed E-state index contributed by atoms with van der Waals surface area (Å²) in [5.74, 6) is -0.110. The van der Waals surface area contributed by atoms with Crippen molar-refractivity contribution in [2.75, 3.05) is 14.1 Å². The standard InChI is InChI=1S/C9H13N3O.2ClH/c1-12(2)9(13)8-7(6-10)4-3-5-11-8;;/h3-5H,6,10H2,1-2H3;2*1H. The van der Waals surface area contributed by atoms with Crippen molar-refractivity contribution in [2.45, 2.75) is 6.54 Å². The van der Waals surface area contributed by atoms with Crippen molar-refractivity contribution in [1.82, 2.24) is 9.88 Å². The van der Waals surface area contributed by atoms with E-state index in [1.807, 2.05) is 6.07 Å². The van der Waals surface area contributed by atoms with Gasteiger partial charge in [-0.05, 0) is 11.6 Å². The average molecular weight is 252 g/mol. The number of halogens is 2. The number of nitrogens with two attached hydrogens (primary N) is 1. The van der Waals surface area contributed by atoms with Crippen molar-refractivity contribution >= 4 is 30.7 Å². The summed E-state index contributed by atoms with van der Waals surface area (Å²) in [7, 11) is 3.38. The fraction of sp³-hybridized carbons (Fsp3) is 0.333. The predicted octanol–water partition coefficient (Wildman–Crippen LogP) is 1.09. The lowest BCUT2D eigenvalue weighted by Crippen LogP contribution is -2.24. The maximum atomic E-state index is 11.5. The molecule has 86 valence electrons.